The molecule has 0 atom stereocenters. The molecule has 1 aromatic carbocycles. The van der Waals surface area contributed by atoms with Crippen LogP contribution < -0.4 is 14.8 Å². The number of nitrogens with zero attached hydrogens (tertiary/aromatic N) is 2. The minimum atomic E-state index is 0.768. The first kappa shape index (κ1) is 17.4. The quantitative estimate of drug-likeness (QED) is 0.591. The molecule has 1 fully saturated rings. The number of aliphatic imine (C=N–C) groups is 1. The molecule has 5 nitrogen and oxygen atoms in total. The van der Waals surface area contributed by atoms with Crippen molar-refractivity contribution in [2.45, 2.75) is 26.2 Å². The summed E-state index contributed by atoms with van der Waals surface area (Å²) in [5.74, 6) is 3.36. The predicted octanol–water partition coefficient (Wildman–Crippen LogP) is 2.55. The van der Waals surface area contributed by atoms with Crippen molar-refractivity contribution in [3.05, 3.63) is 23.8 Å². The van der Waals surface area contributed by atoms with Crippen molar-refractivity contribution in [3.63, 3.8) is 0 Å². The molecule has 23 heavy (non-hydrogen) atoms. The van der Waals surface area contributed by atoms with E-state index in [1.165, 1.54) is 18.4 Å². The van der Waals surface area contributed by atoms with E-state index in [4.69, 9.17) is 14.5 Å². The molecule has 0 spiro atoms. The van der Waals surface area contributed by atoms with Crippen molar-refractivity contribution in [3.8, 4) is 11.5 Å². The number of methoxy groups -OCH3 is 2. The van der Waals surface area contributed by atoms with Crippen molar-refractivity contribution in [1.29, 1.82) is 0 Å². The van der Waals surface area contributed by atoms with Crippen molar-refractivity contribution in [2.75, 3.05) is 40.9 Å². The molecule has 5 heteroatoms. The smallest absolute Gasteiger partial charge is 0.193 e. The van der Waals surface area contributed by atoms with Gasteiger partial charge in [0.25, 0.3) is 0 Å². The van der Waals surface area contributed by atoms with Gasteiger partial charge in [-0.15, -0.1) is 0 Å². The van der Waals surface area contributed by atoms with Crippen LogP contribution in [0.5, 0.6) is 11.5 Å². The van der Waals surface area contributed by atoms with E-state index >= 15 is 0 Å². The average Bonchev–Trinajstić information content (AvgIpc) is 3.40. The van der Waals surface area contributed by atoms with Gasteiger partial charge in [0.15, 0.2) is 17.5 Å². The number of hydrogen-bond acceptors (Lipinski definition) is 3. The molecule has 0 unspecified atom stereocenters. The number of benzene rings is 1. The lowest BCUT2D eigenvalue weighted by molar-refractivity contribution is 0.354. The van der Waals surface area contributed by atoms with Crippen LogP contribution in [0.3, 0.4) is 0 Å². The summed E-state index contributed by atoms with van der Waals surface area (Å²) >= 11 is 0. The van der Waals surface area contributed by atoms with E-state index in [1.807, 2.05) is 12.1 Å². The fourth-order valence-electron chi connectivity index (χ4n) is 2.42. The summed E-state index contributed by atoms with van der Waals surface area (Å²) < 4.78 is 10.6. The summed E-state index contributed by atoms with van der Waals surface area (Å²) in [5, 5.41) is 3.37. The van der Waals surface area contributed by atoms with E-state index in [0.29, 0.717) is 0 Å². The molecule has 1 aliphatic carbocycles. The molecule has 2 rings (SSSR count). The number of rotatable bonds is 8. The maximum Gasteiger partial charge on any atom is 0.193 e. The van der Waals surface area contributed by atoms with E-state index in [0.717, 1.165) is 49.4 Å². The van der Waals surface area contributed by atoms with Crippen molar-refractivity contribution < 1.29 is 9.47 Å². The first-order valence-electron chi connectivity index (χ1n) is 8.38. The van der Waals surface area contributed by atoms with Gasteiger partial charge in [0.2, 0.25) is 0 Å². The van der Waals surface area contributed by atoms with Crippen LogP contribution in [0.4, 0.5) is 0 Å². The maximum atomic E-state index is 5.37. The van der Waals surface area contributed by atoms with Gasteiger partial charge in [0.05, 0.1) is 14.2 Å². The van der Waals surface area contributed by atoms with Crippen LogP contribution >= 0.6 is 0 Å². The molecule has 1 aromatic rings. The Morgan fingerprint density at radius 1 is 1.26 bits per heavy atom. The van der Waals surface area contributed by atoms with Gasteiger partial charge in [-0.1, -0.05) is 6.07 Å². The van der Waals surface area contributed by atoms with Crippen LogP contribution in [0.2, 0.25) is 0 Å². The Morgan fingerprint density at radius 3 is 2.61 bits per heavy atom. The van der Waals surface area contributed by atoms with Gasteiger partial charge >= 0.3 is 0 Å². The largest absolute Gasteiger partial charge is 0.493 e. The number of likely N-dealkylation sites (N-methyl/N-ethyl adjacent to an activating group) is 1. The molecule has 0 amide bonds. The lowest BCUT2D eigenvalue weighted by Gasteiger charge is -2.22. The summed E-state index contributed by atoms with van der Waals surface area (Å²) in [6.07, 6.45) is 3.60. The molecule has 0 aromatic heterocycles. The highest BCUT2D eigenvalue weighted by atomic mass is 16.5. The van der Waals surface area contributed by atoms with Gasteiger partial charge < -0.3 is 19.7 Å². The first-order valence-corrected chi connectivity index (χ1v) is 8.38. The molecule has 1 saturated carbocycles. The number of ether oxygens (including phenoxy) is 2. The summed E-state index contributed by atoms with van der Waals surface area (Å²) in [6, 6.07) is 6.09. The number of nitrogens with one attached hydrogen (secondary N) is 1. The third kappa shape index (κ3) is 5.34. The molecule has 0 bridgehead atoms. The second kappa shape index (κ2) is 8.65. The minimum Gasteiger partial charge on any atom is -0.493 e. The maximum absolute atomic E-state index is 5.37. The Balaban J connectivity index is 1.93. The van der Waals surface area contributed by atoms with E-state index in [2.05, 4.69) is 30.3 Å². The number of guanidine groups is 1. The van der Waals surface area contributed by atoms with Crippen LogP contribution in [0.25, 0.3) is 0 Å². The van der Waals surface area contributed by atoms with Gasteiger partial charge in [-0.25, -0.2) is 0 Å². The topological polar surface area (TPSA) is 46.1 Å². The Morgan fingerprint density at radius 2 is 2.00 bits per heavy atom. The van der Waals surface area contributed by atoms with Gasteiger partial charge in [0.1, 0.15) is 0 Å². The first-order chi connectivity index (χ1) is 11.2. The highest BCUT2D eigenvalue weighted by molar-refractivity contribution is 5.79. The minimum absolute atomic E-state index is 0.768. The summed E-state index contributed by atoms with van der Waals surface area (Å²) in [5.41, 5.74) is 1.23. The Hall–Kier alpha value is -1.91. The van der Waals surface area contributed by atoms with Gasteiger partial charge in [0, 0.05) is 26.7 Å². The summed E-state index contributed by atoms with van der Waals surface area (Å²) in [7, 11) is 5.42. The molecule has 128 valence electrons. The summed E-state index contributed by atoms with van der Waals surface area (Å²) in [4.78, 5) is 6.93. The Kier molecular flexibility index (Phi) is 6.56. The third-order valence-electron chi connectivity index (χ3n) is 4.08. The molecule has 0 radical (unpaired) electrons. The fraction of sp³-hybridized carbons (Fsp3) is 0.611. The van der Waals surface area contributed by atoms with Crippen LogP contribution in [0.1, 0.15) is 25.3 Å². The predicted molar refractivity (Wildman–Crippen MR) is 94.6 cm³/mol. The molecular weight excluding hydrogens is 290 g/mol. The van der Waals surface area contributed by atoms with E-state index in [-0.39, 0.29) is 0 Å². The molecule has 0 aliphatic heterocycles. The fourth-order valence-corrected chi connectivity index (χ4v) is 2.42. The average molecular weight is 319 g/mol. The molecule has 1 N–H and O–H groups in total. The lowest BCUT2D eigenvalue weighted by Crippen LogP contribution is -2.40. The Bertz CT molecular complexity index is 527. The zero-order valence-electron chi connectivity index (χ0n) is 14.8. The van der Waals surface area contributed by atoms with Crippen molar-refractivity contribution >= 4 is 5.96 Å². The van der Waals surface area contributed by atoms with Crippen LogP contribution in [-0.4, -0.2) is 51.8 Å². The second-order valence-electron chi connectivity index (χ2n) is 6.00. The zero-order chi connectivity index (χ0) is 16.7. The standard InChI is InChI=1S/C18H29N3O2/c1-5-19-18(20-13-15-6-7-15)21(2)11-10-14-8-9-16(22-3)17(12-14)23-4/h8-9,12,15H,5-7,10-11,13H2,1-4H3,(H,19,20). The SMILES string of the molecule is CCNC(=NCC1CC1)N(C)CCc1ccc(OC)c(OC)c1. The monoisotopic (exact) mass is 319 g/mol. The van der Waals surface area contributed by atoms with Crippen LogP contribution in [0.15, 0.2) is 23.2 Å². The lowest BCUT2D eigenvalue weighted by atomic mass is 10.1. The van der Waals surface area contributed by atoms with Gasteiger partial charge in [-0.3, -0.25) is 4.99 Å². The highest BCUT2D eigenvalue weighted by Crippen LogP contribution is 2.29. The summed E-state index contributed by atoms with van der Waals surface area (Å²) in [6.45, 7) is 4.86. The third-order valence-corrected chi connectivity index (χ3v) is 4.08. The van der Waals surface area contributed by atoms with Crippen molar-refractivity contribution in [2.24, 2.45) is 10.9 Å². The van der Waals surface area contributed by atoms with E-state index in [9.17, 15) is 0 Å². The molecule has 1 aliphatic rings. The molecule has 0 saturated heterocycles. The Labute approximate surface area is 139 Å². The van der Waals surface area contributed by atoms with E-state index < -0.39 is 0 Å². The second-order valence-corrected chi connectivity index (χ2v) is 6.00. The van der Waals surface area contributed by atoms with Gasteiger partial charge in [-0.2, -0.15) is 0 Å². The van der Waals surface area contributed by atoms with Gasteiger partial charge in [-0.05, 0) is 49.8 Å². The zero-order valence-corrected chi connectivity index (χ0v) is 14.8. The highest BCUT2D eigenvalue weighted by Gasteiger charge is 2.21. The molecular formula is C18H29N3O2. The van der Waals surface area contributed by atoms with E-state index in [1.54, 1.807) is 14.2 Å². The van der Waals surface area contributed by atoms with Crippen LogP contribution in [0, 0.1) is 5.92 Å². The number of hydrogen-bond donors (Lipinski definition) is 1. The molecule has 0 heterocycles. The van der Waals surface area contributed by atoms with Crippen molar-refractivity contribution in [1.82, 2.24) is 10.2 Å². The normalized spacial score (nSPS) is 14.5. The van der Waals surface area contributed by atoms with Crippen LogP contribution in [-0.2, 0) is 6.42 Å².